The van der Waals surface area contributed by atoms with Gasteiger partial charge in [0.1, 0.15) is 5.76 Å². The first-order valence-electron chi connectivity index (χ1n) is 7.20. The zero-order valence-corrected chi connectivity index (χ0v) is 13.7. The van der Waals surface area contributed by atoms with Crippen molar-refractivity contribution < 1.29 is 40.8 Å². The topological polar surface area (TPSA) is 88.0 Å². The Hall–Kier alpha value is -2.92. The molecule has 2 aromatic rings. The molecular formula is C15H11F6N3O3. The fourth-order valence-electron chi connectivity index (χ4n) is 2.23. The normalized spacial score (nSPS) is 13.9. The van der Waals surface area contributed by atoms with Crippen LogP contribution < -0.4 is 0 Å². The number of azo groups is 1. The van der Waals surface area contributed by atoms with Gasteiger partial charge in [-0.25, -0.2) is 4.79 Å². The van der Waals surface area contributed by atoms with E-state index in [9.17, 15) is 31.1 Å². The van der Waals surface area contributed by atoms with Crippen LogP contribution in [-0.2, 0) is 12.4 Å². The minimum absolute atomic E-state index is 0.00858. The Kier molecular flexibility index (Phi) is 5.29. The van der Waals surface area contributed by atoms with E-state index in [1.165, 1.54) is 13.8 Å². The summed E-state index contributed by atoms with van der Waals surface area (Å²) in [6.45, 7) is 2.72. The highest BCUT2D eigenvalue weighted by atomic mass is 19.4. The molecule has 27 heavy (non-hydrogen) atoms. The average molecular weight is 395 g/mol. The number of aryl methyl sites for hydroxylation is 1. The molecule has 0 radical (unpaired) electrons. The van der Waals surface area contributed by atoms with Crippen LogP contribution in [0.5, 0.6) is 0 Å². The highest BCUT2D eigenvalue weighted by molar-refractivity contribution is 5.87. The molecular weight excluding hydrogens is 384 g/mol. The van der Waals surface area contributed by atoms with Gasteiger partial charge in [0.15, 0.2) is 5.69 Å². The molecule has 0 aliphatic carbocycles. The Morgan fingerprint density at radius 2 is 1.63 bits per heavy atom. The molecule has 0 bridgehead atoms. The Labute approximate surface area is 147 Å². The van der Waals surface area contributed by atoms with Gasteiger partial charge in [0.05, 0.1) is 28.4 Å². The van der Waals surface area contributed by atoms with Crippen LogP contribution in [-0.4, -0.2) is 16.2 Å². The third-order valence-corrected chi connectivity index (χ3v) is 3.45. The molecule has 0 saturated carbocycles. The van der Waals surface area contributed by atoms with Crippen LogP contribution in [0.1, 0.15) is 45.9 Å². The van der Waals surface area contributed by atoms with Gasteiger partial charge in [-0.2, -0.15) is 36.6 Å². The lowest BCUT2D eigenvalue weighted by Crippen LogP contribution is -2.10. The standard InChI is InChI=1S/C15H11F6N3O3/c1-6(11-7(2)27-24-12(11)13(25)26)22-23-10-4-8(14(16,17)18)3-9(5-10)15(19,20)21/h3-6H,1-2H3,(H,25,26). The first kappa shape index (κ1) is 20.4. The smallest absolute Gasteiger partial charge is 0.416 e. The van der Waals surface area contributed by atoms with Crippen LogP contribution in [0.4, 0.5) is 32.0 Å². The van der Waals surface area contributed by atoms with E-state index in [-0.39, 0.29) is 17.4 Å². The monoisotopic (exact) mass is 395 g/mol. The van der Waals surface area contributed by atoms with E-state index < -0.39 is 46.9 Å². The van der Waals surface area contributed by atoms with E-state index in [0.717, 1.165) is 0 Å². The Balaban J connectivity index is 2.44. The number of alkyl halides is 6. The van der Waals surface area contributed by atoms with Crippen LogP contribution >= 0.6 is 0 Å². The van der Waals surface area contributed by atoms with E-state index in [1.54, 1.807) is 0 Å². The zero-order valence-electron chi connectivity index (χ0n) is 13.7. The summed E-state index contributed by atoms with van der Waals surface area (Å²) < 4.78 is 81.7. The van der Waals surface area contributed by atoms with E-state index in [0.29, 0.717) is 12.1 Å². The Bertz CT molecular complexity index is 854. The van der Waals surface area contributed by atoms with Gasteiger partial charge in [-0.15, -0.1) is 0 Å². The number of carboxylic acids is 1. The SMILES string of the molecule is Cc1onc(C(=O)O)c1C(C)N=Nc1cc(C(F)(F)F)cc(C(F)(F)F)c1. The fraction of sp³-hybridized carbons (Fsp3) is 0.333. The molecule has 1 aromatic carbocycles. The quantitative estimate of drug-likeness (QED) is 0.542. The predicted octanol–water partition coefficient (Wildman–Crippen LogP) is 5.56. The third kappa shape index (κ3) is 4.63. The molecule has 0 amide bonds. The molecule has 0 saturated heterocycles. The van der Waals surface area contributed by atoms with Gasteiger partial charge in [-0.05, 0) is 32.0 Å². The van der Waals surface area contributed by atoms with E-state index >= 15 is 0 Å². The van der Waals surface area contributed by atoms with E-state index in [2.05, 4.69) is 15.4 Å². The van der Waals surface area contributed by atoms with Gasteiger partial charge in [0.2, 0.25) is 0 Å². The molecule has 1 aromatic heterocycles. The maximum atomic E-state index is 12.8. The van der Waals surface area contributed by atoms with Crippen molar-refractivity contribution in [2.75, 3.05) is 0 Å². The van der Waals surface area contributed by atoms with Gasteiger partial charge < -0.3 is 9.63 Å². The van der Waals surface area contributed by atoms with Crippen LogP contribution in [0.15, 0.2) is 33.0 Å². The number of halogens is 6. The molecule has 0 aliphatic rings. The third-order valence-electron chi connectivity index (χ3n) is 3.45. The number of aromatic nitrogens is 1. The van der Waals surface area contributed by atoms with Gasteiger partial charge in [0, 0.05) is 0 Å². The molecule has 2 rings (SSSR count). The number of hydrogen-bond donors (Lipinski definition) is 1. The average Bonchev–Trinajstić information content (AvgIpc) is 2.92. The second-order valence-corrected chi connectivity index (χ2v) is 5.46. The van der Waals surface area contributed by atoms with Gasteiger partial charge in [-0.1, -0.05) is 5.16 Å². The summed E-state index contributed by atoms with van der Waals surface area (Å²) in [6, 6.07) is -0.255. The summed E-state index contributed by atoms with van der Waals surface area (Å²) in [7, 11) is 0. The second kappa shape index (κ2) is 7.00. The highest BCUT2D eigenvalue weighted by Gasteiger charge is 2.37. The minimum Gasteiger partial charge on any atom is -0.476 e. The maximum absolute atomic E-state index is 12.8. The van der Waals surface area contributed by atoms with Crippen molar-refractivity contribution in [1.29, 1.82) is 0 Å². The molecule has 6 nitrogen and oxygen atoms in total. The lowest BCUT2D eigenvalue weighted by molar-refractivity contribution is -0.143. The van der Waals surface area contributed by atoms with Gasteiger partial charge in [-0.3, -0.25) is 0 Å². The van der Waals surface area contributed by atoms with Crippen LogP contribution in [0, 0.1) is 6.92 Å². The van der Waals surface area contributed by atoms with E-state index in [1.807, 2.05) is 0 Å². The molecule has 1 atom stereocenters. The zero-order chi connectivity index (χ0) is 20.6. The summed E-state index contributed by atoms with van der Waals surface area (Å²) in [5, 5.41) is 19.4. The van der Waals surface area contributed by atoms with Crippen molar-refractivity contribution >= 4 is 11.7 Å². The number of benzene rings is 1. The number of aromatic carboxylic acids is 1. The first-order chi connectivity index (χ1) is 12.3. The molecule has 1 unspecified atom stereocenters. The molecule has 0 aliphatic heterocycles. The molecule has 1 heterocycles. The second-order valence-electron chi connectivity index (χ2n) is 5.46. The van der Waals surface area contributed by atoms with Gasteiger partial charge in [0.25, 0.3) is 0 Å². The van der Waals surface area contributed by atoms with Crippen LogP contribution in [0.2, 0.25) is 0 Å². The van der Waals surface area contributed by atoms with Crippen molar-refractivity contribution in [3.05, 3.63) is 46.3 Å². The molecule has 0 spiro atoms. The van der Waals surface area contributed by atoms with Crippen molar-refractivity contribution in [1.82, 2.24) is 5.16 Å². The van der Waals surface area contributed by atoms with Gasteiger partial charge >= 0.3 is 18.3 Å². The van der Waals surface area contributed by atoms with Crippen molar-refractivity contribution in [2.24, 2.45) is 10.2 Å². The number of hydrogen-bond acceptors (Lipinski definition) is 5. The number of carboxylic acid groups (broad SMARTS) is 1. The Morgan fingerprint density at radius 1 is 1.11 bits per heavy atom. The molecule has 1 N–H and O–H groups in total. The molecule has 0 fully saturated rings. The maximum Gasteiger partial charge on any atom is 0.416 e. The van der Waals surface area contributed by atoms with Crippen LogP contribution in [0.3, 0.4) is 0 Å². The summed E-state index contributed by atoms with van der Waals surface area (Å²) in [5.41, 5.74) is -4.22. The highest BCUT2D eigenvalue weighted by Crippen LogP contribution is 2.38. The number of rotatable bonds is 4. The summed E-state index contributed by atoms with van der Waals surface area (Å²) in [4.78, 5) is 11.1. The van der Waals surface area contributed by atoms with Crippen molar-refractivity contribution in [3.63, 3.8) is 0 Å². The first-order valence-corrected chi connectivity index (χ1v) is 7.20. The summed E-state index contributed by atoms with van der Waals surface area (Å²) in [5.74, 6) is -1.35. The molecule has 12 heteroatoms. The summed E-state index contributed by atoms with van der Waals surface area (Å²) >= 11 is 0. The lowest BCUT2D eigenvalue weighted by Gasteiger charge is -2.12. The van der Waals surface area contributed by atoms with Crippen molar-refractivity contribution in [3.8, 4) is 0 Å². The number of nitrogens with zero attached hydrogens (tertiary/aromatic N) is 3. The largest absolute Gasteiger partial charge is 0.476 e. The molecule has 146 valence electrons. The Morgan fingerprint density at radius 3 is 2.07 bits per heavy atom. The lowest BCUT2D eigenvalue weighted by atomic mass is 10.1. The van der Waals surface area contributed by atoms with Crippen LogP contribution in [0.25, 0.3) is 0 Å². The predicted molar refractivity (Wildman–Crippen MR) is 77.6 cm³/mol. The number of carbonyl (C=O) groups is 1. The summed E-state index contributed by atoms with van der Waals surface area (Å²) in [6.07, 6.45) is -10.0. The minimum atomic E-state index is -5.02. The van der Waals surface area contributed by atoms with Crippen molar-refractivity contribution in [2.45, 2.75) is 32.2 Å². The fourth-order valence-corrected chi connectivity index (χ4v) is 2.23. The van der Waals surface area contributed by atoms with E-state index in [4.69, 9.17) is 9.63 Å².